The Morgan fingerprint density at radius 1 is 1.09 bits per heavy atom. The predicted molar refractivity (Wildman–Crippen MR) is 41.5 cm³/mol. The summed E-state index contributed by atoms with van der Waals surface area (Å²) >= 11 is 0. The zero-order valence-corrected chi connectivity index (χ0v) is 8.42. The molecule has 2 heteroatoms. The van der Waals surface area contributed by atoms with Crippen molar-refractivity contribution in [2.45, 2.75) is 26.3 Å². The molecule has 0 aliphatic carbocycles. The highest BCUT2D eigenvalue weighted by atomic mass is 79.9. The van der Waals surface area contributed by atoms with Crippen molar-refractivity contribution in [3.8, 4) is 0 Å². The first kappa shape index (κ1) is 10.6. The van der Waals surface area contributed by atoms with Gasteiger partial charge in [0, 0.05) is 18.6 Å². The van der Waals surface area contributed by atoms with Gasteiger partial charge in [-0.3, -0.25) is 0 Å². The van der Waals surface area contributed by atoms with Gasteiger partial charge in [0.1, 0.15) is 6.54 Å². The van der Waals surface area contributed by atoms with Gasteiger partial charge in [-0.1, -0.05) is 19.4 Å². The number of pyridine rings is 1. The minimum Gasteiger partial charge on any atom is -1.00 e. The van der Waals surface area contributed by atoms with E-state index in [0.717, 1.165) is 6.54 Å². The molecule has 0 saturated heterocycles. The average molecular weight is 216 g/mol. The lowest BCUT2D eigenvalue weighted by molar-refractivity contribution is -0.697. The van der Waals surface area contributed by atoms with Crippen molar-refractivity contribution in [3.05, 3.63) is 30.6 Å². The van der Waals surface area contributed by atoms with Crippen LogP contribution in [0, 0.1) is 0 Å². The molecular formula is C9H14BrN. The summed E-state index contributed by atoms with van der Waals surface area (Å²) < 4.78 is 2.21. The van der Waals surface area contributed by atoms with Crippen molar-refractivity contribution in [2.75, 3.05) is 0 Å². The van der Waals surface area contributed by atoms with Crippen molar-refractivity contribution in [2.24, 2.45) is 0 Å². The van der Waals surface area contributed by atoms with Crippen LogP contribution in [0.4, 0.5) is 0 Å². The van der Waals surface area contributed by atoms with Crippen LogP contribution < -0.4 is 21.5 Å². The lowest BCUT2D eigenvalue weighted by Crippen LogP contribution is -3.00. The van der Waals surface area contributed by atoms with Crippen LogP contribution in [0.25, 0.3) is 0 Å². The third-order valence-electron chi connectivity index (χ3n) is 1.55. The van der Waals surface area contributed by atoms with E-state index in [9.17, 15) is 0 Å². The Labute approximate surface area is 78.8 Å². The number of aryl methyl sites for hydroxylation is 1. The summed E-state index contributed by atoms with van der Waals surface area (Å²) in [4.78, 5) is 0. The van der Waals surface area contributed by atoms with Gasteiger partial charge in [0.05, 0.1) is 0 Å². The van der Waals surface area contributed by atoms with Crippen molar-refractivity contribution >= 4 is 0 Å². The monoisotopic (exact) mass is 215 g/mol. The quantitative estimate of drug-likeness (QED) is 0.557. The Hall–Kier alpha value is -0.370. The van der Waals surface area contributed by atoms with Crippen LogP contribution in [-0.2, 0) is 6.54 Å². The summed E-state index contributed by atoms with van der Waals surface area (Å²) in [5.41, 5.74) is 0. The highest BCUT2D eigenvalue weighted by molar-refractivity contribution is 4.83. The van der Waals surface area contributed by atoms with Gasteiger partial charge >= 0.3 is 0 Å². The lowest BCUT2D eigenvalue weighted by Gasteiger charge is -1.91. The van der Waals surface area contributed by atoms with Gasteiger partial charge in [-0.15, -0.1) is 0 Å². The number of halogens is 1. The molecule has 0 radical (unpaired) electrons. The van der Waals surface area contributed by atoms with E-state index in [2.05, 4.69) is 36.0 Å². The summed E-state index contributed by atoms with van der Waals surface area (Å²) in [6.45, 7) is 3.36. The fourth-order valence-electron chi connectivity index (χ4n) is 0.924. The fourth-order valence-corrected chi connectivity index (χ4v) is 0.924. The van der Waals surface area contributed by atoms with E-state index in [1.54, 1.807) is 0 Å². The smallest absolute Gasteiger partial charge is 0.168 e. The zero-order chi connectivity index (χ0) is 7.23. The van der Waals surface area contributed by atoms with Crippen LogP contribution in [0.3, 0.4) is 0 Å². The minimum absolute atomic E-state index is 0. The number of hydrogen-bond acceptors (Lipinski definition) is 0. The normalized spacial score (nSPS) is 8.82. The van der Waals surface area contributed by atoms with E-state index in [1.807, 2.05) is 6.07 Å². The molecule has 0 amide bonds. The minimum atomic E-state index is 0. The maximum absolute atomic E-state index is 2.21. The highest BCUT2D eigenvalue weighted by Crippen LogP contribution is 1.85. The second-order valence-corrected chi connectivity index (χ2v) is 2.47. The first-order valence-electron chi connectivity index (χ1n) is 3.87. The summed E-state index contributed by atoms with van der Waals surface area (Å²) in [7, 11) is 0. The molecule has 0 bridgehead atoms. The molecule has 1 nitrogen and oxygen atoms in total. The van der Waals surface area contributed by atoms with E-state index in [0.29, 0.717) is 0 Å². The number of nitrogens with zero attached hydrogens (tertiary/aromatic N) is 1. The van der Waals surface area contributed by atoms with Gasteiger partial charge in [0.15, 0.2) is 12.4 Å². The lowest BCUT2D eigenvalue weighted by atomic mass is 10.3. The topological polar surface area (TPSA) is 3.88 Å². The average Bonchev–Trinajstić information content (AvgIpc) is 2.03. The van der Waals surface area contributed by atoms with E-state index >= 15 is 0 Å². The number of aromatic nitrogens is 1. The Kier molecular flexibility index (Phi) is 6.13. The summed E-state index contributed by atoms with van der Waals surface area (Å²) in [5, 5.41) is 0. The van der Waals surface area contributed by atoms with Gasteiger partial charge in [0.2, 0.25) is 0 Å². The van der Waals surface area contributed by atoms with Gasteiger partial charge in [-0.2, -0.15) is 0 Å². The molecule has 0 aromatic carbocycles. The number of unbranched alkanes of at least 4 members (excludes halogenated alkanes) is 1. The molecule has 1 aromatic rings. The third kappa shape index (κ3) is 4.14. The fraction of sp³-hybridized carbons (Fsp3) is 0.444. The Bertz CT molecular complexity index is 174. The van der Waals surface area contributed by atoms with E-state index < -0.39 is 0 Å². The molecule has 0 atom stereocenters. The van der Waals surface area contributed by atoms with Gasteiger partial charge in [-0.25, -0.2) is 4.57 Å². The molecule has 0 spiro atoms. The van der Waals surface area contributed by atoms with E-state index in [-0.39, 0.29) is 17.0 Å². The molecule has 1 aromatic heterocycles. The van der Waals surface area contributed by atoms with Crippen molar-refractivity contribution < 1.29 is 21.5 Å². The van der Waals surface area contributed by atoms with Crippen LogP contribution in [-0.4, -0.2) is 0 Å². The molecular weight excluding hydrogens is 202 g/mol. The zero-order valence-electron chi connectivity index (χ0n) is 6.83. The molecule has 0 saturated carbocycles. The molecule has 62 valence electrons. The van der Waals surface area contributed by atoms with Crippen LogP contribution in [0.15, 0.2) is 30.6 Å². The van der Waals surface area contributed by atoms with Crippen LogP contribution >= 0.6 is 0 Å². The molecule has 0 N–H and O–H groups in total. The summed E-state index contributed by atoms with van der Waals surface area (Å²) in [5.74, 6) is 0. The largest absolute Gasteiger partial charge is 1.00 e. The molecule has 1 heterocycles. The maximum atomic E-state index is 2.21. The molecule has 0 aliphatic rings. The standard InChI is InChI=1S/C9H14N.BrH/c1-2-3-7-10-8-5-4-6-9-10;/h4-6,8-9H,2-3,7H2,1H3;1H/q+1;/p-1. The second kappa shape index (κ2) is 6.35. The Balaban J connectivity index is 0.000001000. The molecule has 0 aliphatic heterocycles. The van der Waals surface area contributed by atoms with Gasteiger partial charge in [-0.05, 0) is 0 Å². The predicted octanol–water partition coefficient (Wildman–Crippen LogP) is -1.22. The van der Waals surface area contributed by atoms with Crippen LogP contribution in [0.1, 0.15) is 19.8 Å². The Morgan fingerprint density at radius 2 is 1.73 bits per heavy atom. The Morgan fingerprint density at radius 3 is 2.27 bits per heavy atom. The van der Waals surface area contributed by atoms with Crippen molar-refractivity contribution in [1.82, 2.24) is 0 Å². The molecule has 0 fully saturated rings. The first-order valence-corrected chi connectivity index (χ1v) is 3.87. The molecule has 0 unspecified atom stereocenters. The summed E-state index contributed by atoms with van der Waals surface area (Å²) in [6, 6.07) is 6.17. The first-order chi connectivity index (χ1) is 4.93. The van der Waals surface area contributed by atoms with E-state index in [4.69, 9.17) is 0 Å². The number of hydrogen-bond donors (Lipinski definition) is 0. The van der Waals surface area contributed by atoms with Gasteiger partial charge in [0.25, 0.3) is 0 Å². The van der Waals surface area contributed by atoms with Crippen molar-refractivity contribution in [3.63, 3.8) is 0 Å². The van der Waals surface area contributed by atoms with Gasteiger partial charge < -0.3 is 17.0 Å². The molecule has 11 heavy (non-hydrogen) atoms. The van der Waals surface area contributed by atoms with Crippen LogP contribution in [0.2, 0.25) is 0 Å². The van der Waals surface area contributed by atoms with Crippen molar-refractivity contribution in [1.29, 1.82) is 0 Å². The molecule has 1 rings (SSSR count). The number of rotatable bonds is 3. The van der Waals surface area contributed by atoms with Crippen LogP contribution in [0.5, 0.6) is 0 Å². The second-order valence-electron chi connectivity index (χ2n) is 2.47. The SMILES string of the molecule is CCCC[n+]1ccccc1.[Br-]. The maximum Gasteiger partial charge on any atom is 0.168 e. The highest BCUT2D eigenvalue weighted by Gasteiger charge is 1.93. The summed E-state index contributed by atoms with van der Waals surface area (Å²) in [6.07, 6.45) is 6.75. The van der Waals surface area contributed by atoms with E-state index in [1.165, 1.54) is 12.8 Å². The third-order valence-corrected chi connectivity index (χ3v) is 1.55.